The Kier molecular flexibility index (Phi) is 9.50. The number of halogens is 3. The van der Waals surface area contributed by atoms with E-state index in [0.29, 0.717) is 26.2 Å². The largest absolute Gasteiger partial charge is 0.350 e. The van der Waals surface area contributed by atoms with E-state index < -0.39 is 34.1 Å². The lowest BCUT2D eigenvalue weighted by atomic mass is 10.1. The Labute approximate surface area is 222 Å². The van der Waals surface area contributed by atoms with Gasteiger partial charge in [0.25, 0.3) is 0 Å². The molecule has 7 nitrogen and oxygen atoms in total. The number of aryl methyl sites for hydroxylation is 1. The van der Waals surface area contributed by atoms with Gasteiger partial charge in [-0.3, -0.25) is 13.9 Å². The Morgan fingerprint density at radius 2 is 1.60 bits per heavy atom. The highest BCUT2D eigenvalue weighted by Gasteiger charge is 2.32. The minimum Gasteiger partial charge on any atom is -0.350 e. The fourth-order valence-electron chi connectivity index (χ4n) is 3.34. The standard InChI is InChI=1S/C24H30Cl3N3O4S/c1-15-7-9-19(26)12-21(15)30(35(6,33)34)14-22(31)29(16(2)23(32)28-24(3,4)5)13-17-8-10-18(25)11-20(17)27/h7-12,16H,13-14H2,1-6H3,(H,28,32)/t16-/m1/s1. The van der Waals surface area contributed by atoms with Crippen LogP contribution in [0.3, 0.4) is 0 Å². The van der Waals surface area contributed by atoms with Gasteiger partial charge in [0.15, 0.2) is 0 Å². The Morgan fingerprint density at radius 3 is 2.14 bits per heavy atom. The molecule has 192 valence electrons. The average Bonchev–Trinajstić information content (AvgIpc) is 2.70. The van der Waals surface area contributed by atoms with Crippen molar-refractivity contribution in [1.82, 2.24) is 10.2 Å². The lowest BCUT2D eigenvalue weighted by Crippen LogP contribution is -2.54. The molecule has 0 fully saturated rings. The number of carbonyl (C=O) groups is 2. The number of rotatable bonds is 8. The van der Waals surface area contributed by atoms with Crippen LogP contribution in [0.4, 0.5) is 5.69 Å². The SMILES string of the molecule is Cc1ccc(Cl)cc1N(CC(=O)N(Cc1ccc(Cl)cc1Cl)[C@H](C)C(=O)NC(C)(C)C)S(C)(=O)=O. The molecule has 0 aliphatic heterocycles. The predicted molar refractivity (Wildman–Crippen MR) is 143 cm³/mol. The second-order valence-electron chi connectivity index (χ2n) is 9.37. The van der Waals surface area contributed by atoms with E-state index in [0.717, 1.165) is 10.6 Å². The molecule has 0 aliphatic carbocycles. The van der Waals surface area contributed by atoms with Crippen LogP contribution in [0.1, 0.15) is 38.8 Å². The Morgan fingerprint density at radius 1 is 1.03 bits per heavy atom. The van der Waals surface area contributed by atoms with Crippen molar-refractivity contribution < 1.29 is 18.0 Å². The van der Waals surface area contributed by atoms with Crippen LogP contribution in [0, 0.1) is 6.92 Å². The van der Waals surface area contributed by atoms with Crippen LogP contribution in [-0.4, -0.2) is 49.5 Å². The number of amides is 2. The molecule has 11 heteroatoms. The zero-order chi connectivity index (χ0) is 26.7. The summed E-state index contributed by atoms with van der Waals surface area (Å²) < 4.78 is 26.4. The number of hydrogen-bond acceptors (Lipinski definition) is 4. The molecule has 1 N–H and O–H groups in total. The molecule has 0 radical (unpaired) electrons. The van der Waals surface area contributed by atoms with Crippen molar-refractivity contribution in [2.75, 3.05) is 17.1 Å². The number of anilines is 1. The molecule has 1 atom stereocenters. The molecule has 0 aromatic heterocycles. The summed E-state index contributed by atoms with van der Waals surface area (Å²) in [5.74, 6) is -0.974. The molecule has 2 amide bonds. The summed E-state index contributed by atoms with van der Waals surface area (Å²) in [6.07, 6.45) is 1.01. The summed E-state index contributed by atoms with van der Waals surface area (Å²) in [5.41, 5.74) is 0.932. The first-order chi connectivity index (χ1) is 16.0. The molecular weight excluding hydrogens is 533 g/mol. The molecule has 0 bridgehead atoms. The van der Waals surface area contributed by atoms with Crippen molar-refractivity contribution in [3.05, 3.63) is 62.6 Å². The van der Waals surface area contributed by atoms with Gasteiger partial charge >= 0.3 is 0 Å². The van der Waals surface area contributed by atoms with Crippen LogP contribution < -0.4 is 9.62 Å². The maximum atomic E-state index is 13.6. The molecule has 0 heterocycles. The predicted octanol–water partition coefficient (Wildman–Crippen LogP) is 5.05. The summed E-state index contributed by atoms with van der Waals surface area (Å²) in [6.45, 7) is 8.22. The van der Waals surface area contributed by atoms with Crippen LogP contribution in [0.5, 0.6) is 0 Å². The van der Waals surface area contributed by atoms with E-state index in [-0.39, 0.29) is 18.1 Å². The molecule has 0 spiro atoms. The van der Waals surface area contributed by atoms with Crippen LogP contribution in [-0.2, 0) is 26.2 Å². The van der Waals surface area contributed by atoms with Gasteiger partial charge in [-0.15, -0.1) is 0 Å². The molecule has 0 aliphatic rings. The van der Waals surface area contributed by atoms with Gasteiger partial charge in [-0.1, -0.05) is 46.9 Å². The van der Waals surface area contributed by atoms with Gasteiger partial charge in [-0.25, -0.2) is 8.42 Å². The van der Waals surface area contributed by atoms with E-state index in [1.165, 1.54) is 11.0 Å². The average molecular weight is 563 g/mol. The van der Waals surface area contributed by atoms with Gasteiger partial charge < -0.3 is 10.2 Å². The van der Waals surface area contributed by atoms with E-state index in [1.807, 2.05) is 20.8 Å². The van der Waals surface area contributed by atoms with Gasteiger partial charge in [-0.2, -0.15) is 0 Å². The third-order valence-electron chi connectivity index (χ3n) is 5.14. The third kappa shape index (κ3) is 8.27. The number of carbonyl (C=O) groups excluding carboxylic acids is 2. The Balaban J connectivity index is 2.49. The summed E-state index contributed by atoms with van der Waals surface area (Å²) in [7, 11) is -3.86. The summed E-state index contributed by atoms with van der Waals surface area (Å²) >= 11 is 18.4. The fraction of sp³-hybridized carbons (Fsp3) is 0.417. The third-order valence-corrected chi connectivity index (χ3v) is 7.09. The van der Waals surface area contributed by atoms with Crippen molar-refractivity contribution in [3.8, 4) is 0 Å². The quantitative estimate of drug-likeness (QED) is 0.488. The van der Waals surface area contributed by atoms with Crippen molar-refractivity contribution >= 4 is 62.3 Å². The zero-order valence-electron chi connectivity index (χ0n) is 20.5. The Bertz CT molecular complexity index is 1210. The maximum absolute atomic E-state index is 13.6. The molecule has 0 saturated carbocycles. The topological polar surface area (TPSA) is 86.8 Å². The van der Waals surface area contributed by atoms with Gasteiger partial charge in [0.1, 0.15) is 12.6 Å². The number of sulfonamides is 1. The summed E-state index contributed by atoms with van der Waals surface area (Å²) in [4.78, 5) is 27.9. The van der Waals surface area contributed by atoms with Crippen molar-refractivity contribution in [3.63, 3.8) is 0 Å². The maximum Gasteiger partial charge on any atom is 0.244 e. The van der Waals surface area contributed by atoms with E-state index >= 15 is 0 Å². The van der Waals surface area contributed by atoms with Crippen molar-refractivity contribution in [2.45, 2.75) is 52.7 Å². The van der Waals surface area contributed by atoms with Crippen LogP contribution in [0.2, 0.25) is 15.1 Å². The number of nitrogens with zero attached hydrogens (tertiary/aromatic N) is 2. The second-order valence-corrected chi connectivity index (χ2v) is 12.6. The lowest BCUT2D eigenvalue weighted by Gasteiger charge is -2.33. The first-order valence-electron chi connectivity index (χ1n) is 10.8. The minimum atomic E-state index is -3.86. The van der Waals surface area contributed by atoms with Gasteiger partial charge in [-0.05, 0) is 70.0 Å². The first kappa shape index (κ1) is 29.2. The lowest BCUT2D eigenvalue weighted by molar-refractivity contribution is -0.140. The molecule has 2 aromatic rings. The number of nitrogens with one attached hydrogen (secondary N) is 1. The van der Waals surface area contributed by atoms with E-state index in [2.05, 4.69) is 5.32 Å². The first-order valence-corrected chi connectivity index (χ1v) is 13.8. The molecule has 0 unspecified atom stereocenters. The Hall–Kier alpha value is -2.00. The molecule has 0 saturated heterocycles. The van der Waals surface area contributed by atoms with Crippen molar-refractivity contribution in [2.24, 2.45) is 0 Å². The summed E-state index contributed by atoms with van der Waals surface area (Å²) in [5, 5.41) is 3.94. The highest BCUT2D eigenvalue weighted by molar-refractivity contribution is 7.92. The number of benzene rings is 2. The molecule has 35 heavy (non-hydrogen) atoms. The van der Waals surface area contributed by atoms with Crippen LogP contribution >= 0.6 is 34.8 Å². The van der Waals surface area contributed by atoms with Gasteiger partial charge in [0.05, 0.1) is 11.9 Å². The highest BCUT2D eigenvalue weighted by Crippen LogP contribution is 2.27. The number of hydrogen-bond donors (Lipinski definition) is 1. The highest BCUT2D eigenvalue weighted by atomic mass is 35.5. The van der Waals surface area contributed by atoms with Crippen LogP contribution in [0.15, 0.2) is 36.4 Å². The minimum absolute atomic E-state index is 0.0281. The van der Waals surface area contributed by atoms with Gasteiger partial charge in [0, 0.05) is 27.2 Å². The molecule has 2 rings (SSSR count). The van der Waals surface area contributed by atoms with Gasteiger partial charge in [0.2, 0.25) is 21.8 Å². The monoisotopic (exact) mass is 561 g/mol. The smallest absolute Gasteiger partial charge is 0.244 e. The fourth-order valence-corrected chi connectivity index (χ4v) is 4.87. The zero-order valence-corrected chi connectivity index (χ0v) is 23.6. The molecule has 2 aromatic carbocycles. The van der Waals surface area contributed by atoms with E-state index in [9.17, 15) is 18.0 Å². The second kappa shape index (κ2) is 11.4. The van der Waals surface area contributed by atoms with E-state index in [4.69, 9.17) is 34.8 Å². The molecular formula is C24H30Cl3N3O4S. The van der Waals surface area contributed by atoms with Crippen LogP contribution in [0.25, 0.3) is 0 Å². The van der Waals surface area contributed by atoms with E-state index in [1.54, 1.807) is 44.2 Å². The van der Waals surface area contributed by atoms with Crippen molar-refractivity contribution in [1.29, 1.82) is 0 Å². The summed E-state index contributed by atoms with van der Waals surface area (Å²) in [6, 6.07) is 8.70. The normalized spacial score (nSPS) is 12.7.